The van der Waals surface area contributed by atoms with Gasteiger partial charge in [0.25, 0.3) is 0 Å². The van der Waals surface area contributed by atoms with Gasteiger partial charge in [-0.15, -0.1) is 10.2 Å². The van der Waals surface area contributed by atoms with Crippen molar-refractivity contribution in [3.05, 3.63) is 34.9 Å². The highest BCUT2D eigenvalue weighted by atomic mass is 35.5. The van der Waals surface area contributed by atoms with E-state index in [1.54, 1.807) is 6.92 Å². The van der Waals surface area contributed by atoms with Crippen molar-refractivity contribution in [1.82, 2.24) is 24.7 Å². The summed E-state index contributed by atoms with van der Waals surface area (Å²) in [6.07, 6.45) is 6.79. The standard InChI is InChI=1S/C20H28ClN5O4S/c1-13(18(29-3)19-22-10-14(21)11-23-19)31(27,28)12-17-25-24-16(9-15-5-4-8-30-15)26(17)20(2)6-7-20/h10-11,13,15,18H,4-9,12H2,1-3H3/t13-,15-,18-/m0/s1. The quantitative estimate of drug-likeness (QED) is 0.551. The molecule has 11 heteroatoms. The molecule has 1 aliphatic carbocycles. The van der Waals surface area contributed by atoms with Crippen molar-refractivity contribution in [2.45, 2.75) is 74.7 Å². The van der Waals surface area contributed by atoms with Crippen LogP contribution in [0.3, 0.4) is 0 Å². The number of methoxy groups -OCH3 is 1. The Balaban J connectivity index is 1.58. The van der Waals surface area contributed by atoms with E-state index in [9.17, 15) is 8.42 Å². The van der Waals surface area contributed by atoms with E-state index < -0.39 is 21.2 Å². The molecule has 0 amide bonds. The van der Waals surface area contributed by atoms with Crippen molar-refractivity contribution in [3.63, 3.8) is 0 Å². The highest BCUT2D eigenvalue weighted by molar-refractivity contribution is 7.91. The van der Waals surface area contributed by atoms with E-state index in [0.717, 1.165) is 38.1 Å². The summed E-state index contributed by atoms with van der Waals surface area (Å²) in [4.78, 5) is 8.28. The molecule has 0 spiro atoms. The predicted octanol–water partition coefficient (Wildman–Crippen LogP) is 2.64. The van der Waals surface area contributed by atoms with E-state index in [0.29, 0.717) is 17.3 Å². The van der Waals surface area contributed by atoms with Gasteiger partial charge in [-0.2, -0.15) is 0 Å². The lowest BCUT2D eigenvalue weighted by Gasteiger charge is -2.23. The molecule has 1 saturated heterocycles. The second kappa shape index (κ2) is 8.73. The van der Waals surface area contributed by atoms with Crippen LogP contribution in [0, 0.1) is 0 Å². The number of aromatic nitrogens is 5. The normalized spacial score (nSPS) is 22.4. The van der Waals surface area contributed by atoms with Gasteiger partial charge in [-0.05, 0) is 39.5 Å². The van der Waals surface area contributed by atoms with Crippen LogP contribution in [0.2, 0.25) is 5.02 Å². The van der Waals surface area contributed by atoms with E-state index >= 15 is 0 Å². The second-order valence-corrected chi connectivity index (χ2v) is 11.4. The fourth-order valence-corrected chi connectivity index (χ4v) is 5.61. The Morgan fingerprint density at radius 2 is 1.97 bits per heavy atom. The average molecular weight is 470 g/mol. The van der Waals surface area contributed by atoms with Crippen molar-refractivity contribution < 1.29 is 17.9 Å². The Kier molecular flexibility index (Phi) is 6.35. The number of halogens is 1. The number of hydrogen-bond donors (Lipinski definition) is 0. The van der Waals surface area contributed by atoms with Crippen LogP contribution in [0.5, 0.6) is 0 Å². The number of rotatable bonds is 9. The molecule has 2 aliphatic rings. The summed E-state index contributed by atoms with van der Waals surface area (Å²) in [6.45, 7) is 4.49. The van der Waals surface area contributed by atoms with Crippen LogP contribution in [0.25, 0.3) is 0 Å². The third kappa shape index (κ3) is 4.76. The minimum absolute atomic E-state index is 0.119. The van der Waals surface area contributed by atoms with E-state index in [1.165, 1.54) is 19.5 Å². The Morgan fingerprint density at radius 3 is 2.55 bits per heavy atom. The highest BCUT2D eigenvalue weighted by Gasteiger charge is 2.44. The molecular weight excluding hydrogens is 442 g/mol. The summed E-state index contributed by atoms with van der Waals surface area (Å²) in [6, 6.07) is 0. The minimum Gasteiger partial charge on any atom is -0.378 e. The lowest BCUT2D eigenvalue weighted by atomic mass is 10.1. The molecule has 9 nitrogen and oxygen atoms in total. The highest BCUT2D eigenvalue weighted by Crippen LogP contribution is 2.45. The monoisotopic (exact) mass is 469 g/mol. The van der Waals surface area contributed by atoms with Gasteiger partial charge in [-0.3, -0.25) is 0 Å². The molecule has 1 aliphatic heterocycles. The first-order valence-electron chi connectivity index (χ1n) is 10.5. The maximum absolute atomic E-state index is 13.3. The Hall–Kier alpha value is -1.62. The van der Waals surface area contributed by atoms with Crippen LogP contribution in [0.4, 0.5) is 0 Å². The molecule has 0 N–H and O–H groups in total. The van der Waals surface area contributed by atoms with Crippen molar-refractivity contribution >= 4 is 21.4 Å². The Labute approximate surface area is 187 Å². The van der Waals surface area contributed by atoms with Gasteiger partial charge in [0.1, 0.15) is 23.5 Å². The zero-order valence-corrected chi connectivity index (χ0v) is 19.6. The molecular formula is C20H28ClN5O4S. The fourth-order valence-electron chi connectivity index (χ4n) is 4.09. The SMILES string of the molecule is CO[C@H](c1ncc(Cl)cn1)[C@H](C)S(=O)(=O)Cc1nnc(C[C@@H]2CCCO2)n1C1(C)CC1. The third-order valence-electron chi connectivity index (χ3n) is 6.22. The van der Waals surface area contributed by atoms with Gasteiger partial charge in [-0.25, -0.2) is 18.4 Å². The molecule has 4 rings (SSSR count). The summed E-state index contributed by atoms with van der Waals surface area (Å²) in [7, 11) is -2.20. The first-order valence-corrected chi connectivity index (χ1v) is 12.6. The first kappa shape index (κ1) is 22.6. The van der Waals surface area contributed by atoms with E-state index in [-0.39, 0.29) is 23.2 Å². The molecule has 3 heterocycles. The molecule has 2 aromatic heterocycles. The van der Waals surface area contributed by atoms with Crippen molar-refractivity contribution in [3.8, 4) is 0 Å². The molecule has 0 aromatic carbocycles. The van der Waals surface area contributed by atoms with Crippen molar-refractivity contribution in [2.75, 3.05) is 13.7 Å². The number of hydrogen-bond acceptors (Lipinski definition) is 8. The van der Waals surface area contributed by atoms with Crippen LogP contribution >= 0.6 is 11.6 Å². The number of sulfone groups is 1. The van der Waals surface area contributed by atoms with Crippen LogP contribution in [0.1, 0.15) is 63.1 Å². The van der Waals surface area contributed by atoms with Crippen molar-refractivity contribution in [2.24, 2.45) is 0 Å². The summed E-state index contributed by atoms with van der Waals surface area (Å²) in [5, 5.41) is 8.15. The van der Waals surface area contributed by atoms with E-state index in [1.807, 2.05) is 4.57 Å². The van der Waals surface area contributed by atoms with Crippen LogP contribution in [0.15, 0.2) is 12.4 Å². The van der Waals surface area contributed by atoms with Gasteiger partial charge in [-0.1, -0.05) is 11.6 Å². The maximum Gasteiger partial charge on any atom is 0.163 e. The first-order chi connectivity index (χ1) is 14.7. The molecule has 170 valence electrons. The minimum atomic E-state index is -3.64. The van der Waals surface area contributed by atoms with Crippen molar-refractivity contribution in [1.29, 1.82) is 0 Å². The summed E-state index contributed by atoms with van der Waals surface area (Å²) in [5.74, 6) is 1.31. The molecule has 2 fully saturated rings. The van der Waals surface area contributed by atoms with Gasteiger partial charge >= 0.3 is 0 Å². The molecule has 3 atom stereocenters. The summed E-state index contributed by atoms with van der Waals surface area (Å²) < 4.78 is 39.9. The molecule has 0 bridgehead atoms. The Morgan fingerprint density at radius 1 is 1.29 bits per heavy atom. The topological polar surface area (TPSA) is 109 Å². The predicted molar refractivity (Wildman–Crippen MR) is 114 cm³/mol. The van der Waals surface area contributed by atoms with Gasteiger partial charge in [0.2, 0.25) is 0 Å². The van der Waals surface area contributed by atoms with Crippen LogP contribution < -0.4 is 0 Å². The lowest BCUT2D eigenvalue weighted by molar-refractivity contribution is 0.0948. The van der Waals surface area contributed by atoms with Gasteiger partial charge in [0.15, 0.2) is 15.7 Å². The van der Waals surface area contributed by atoms with E-state index in [2.05, 4.69) is 27.1 Å². The second-order valence-electron chi connectivity index (χ2n) is 8.63. The largest absolute Gasteiger partial charge is 0.378 e. The maximum atomic E-state index is 13.3. The third-order valence-corrected chi connectivity index (χ3v) is 8.45. The van der Waals surface area contributed by atoms with Gasteiger partial charge in [0, 0.05) is 38.1 Å². The lowest BCUT2D eigenvalue weighted by Crippen LogP contribution is -2.31. The zero-order chi connectivity index (χ0) is 22.2. The van der Waals surface area contributed by atoms with Gasteiger partial charge < -0.3 is 14.0 Å². The summed E-state index contributed by atoms with van der Waals surface area (Å²) in [5.41, 5.74) is -0.133. The number of nitrogens with zero attached hydrogens (tertiary/aromatic N) is 5. The smallest absolute Gasteiger partial charge is 0.163 e. The molecule has 0 unspecified atom stereocenters. The average Bonchev–Trinajstić information content (AvgIpc) is 3.11. The molecule has 1 saturated carbocycles. The van der Waals surface area contributed by atoms with Crippen LogP contribution in [-0.4, -0.2) is 58.2 Å². The van der Waals surface area contributed by atoms with E-state index in [4.69, 9.17) is 21.1 Å². The van der Waals surface area contributed by atoms with Crippen LogP contribution in [-0.2, 0) is 37.0 Å². The van der Waals surface area contributed by atoms with Gasteiger partial charge in [0.05, 0.1) is 16.4 Å². The molecule has 0 radical (unpaired) electrons. The zero-order valence-electron chi connectivity index (χ0n) is 18.0. The Bertz CT molecular complexity index is 1020. The number of ether oxygens (including phenoxy) is 2. The summed E-state index contributed by atoms with van der Waals surface area (Å²) >= 11 is 5.85. The molecule has 31 heavy (non-hydrogen) atoms. The molecule has 2 aromatic rings. The fraction of sp³-hybridized carbons (Fsp3) is 0.700.